The summed E-state index contributed by atoms with van der Waals surface area (Å²) in [5.74, 6) is 0.428. The number of carbonyl (C=O) groups is 2. The fourth-order valence-corrected chi connectivity index (χ4v) is 5.66. The third-order valence-electron chi connectivity index (χ3n) is 8.04. The molecule has 0 saturated heterocycles. The highest BCUT2D eigenvalue weighted by Crippen LogP contribution is 2.30. The van der Waals surface area contributed by atoms with Crippen molar-refractivity contribution in [3.05, 3.63) is 84.5 Å². The molecule has 12 heteroatoms. The van der Waals surface area contributed by atoms with E-state index in [2.05, 4.69) is 20.9 Å². The lowest BCUT2D eigenvalue weighted by Crippen LogP contribution is -2.41. The number of hydrogen-bond donors (Lipinski definition) is 2. The standard InChI is InChI=1S/C35H44N8O4/c1-34(2,3)46-32(44)41(19-24-8-7-9-24)21-29-15-26-11-10-25(14-31(26)43(29)33(45)47-35(4,5)6)20-42-22-30(38-39-42)27-16-28(18-37-17-27)40-13-12-36-23-40/h10-18,22-24,38-39H,7-9,19-21H2,1-6H3. The van der Waals surface area contributed by atoms with Crippen LogP contribution in [0.25, 0.3) is 22.3 Å². The molecule has 1 saturated carbocycles. The van der Waals surface area contributed by atoms with Crippen LogP contribution >= 0.6 is 0 Å². The van der Waals surface area contributed by atoms with Gasteiger partial charge in [-0.2, -0.15) is 0 Å². The summed E-state index contributed by atoms with van der Waals surface area (Å²) in [5.41, 5.74) is 10.2. The first-order valence-electron chi connectivity index (χ1n) is 16.1. The zero-order valence-electron chi connectivity index (χ0n) is 28.0. The molecule has 0 atom stereocenters. The van der Waals surface area contributed by atoms with Gasteiger partial charge in [-0.05, 0) is 84.1 Å². The van der Waals surface area contributed by atoms with Gasteiger partial charge in [0.15, 0.2) is 0 Å². The molecule has 1 aliphatic heterocycles. The molecule has 4 heterocycles. The van der Waals surface area contributed by atoms with Crippen molar-refractivity contribution in [1.82, 2.24) is 40.0 Å². The fourth-order valence-electron chi connectivity index (χ4n) is 5.66. The molecule has 2 N–H and O–H groups in total. The van der Waals surface area contributed by atoms with Crippen LogP contribution in [0.4, 0.5) is 9.59 Å². The molecule has 0 bridgehead atoms. The van der Waals surface area contributed by atoms with Crippen LogP contribution in [0.15, 0.2) is 67.6 Å². The molecule has 6 rings (SSSR count). The molecule has 248 valence electrons. The Morgan fingerprint density at radius 1 is 1.00 bits per heavy atom. The van der Waals surface area contributed by atoms with Crippen LogP contribution in [-0.2, 0) is 22.6 Å². The monoisotopic (exact) mass is 640 g/mol. The summed E-state index contributed by atoms with van der Waals surface area (Å²) < 4.78 is 15.2. The number of ether oxygens (including phenoxy) is 2. The van der Waals surface area contributed by atoms with E-state index >= 15 is 0 Å². The number of fused-ring (bicyclic) bond motifs is 1. The zero-order chi connectivity index (χ0) is 33.3. The minimum absolute atomic E-state index is 0.227. The molecule has 1 fully saturated rings. The fraction of sp³-hybridized carbons (Fsp3) is 0.429. The van der Waals surface area contributed by atoms with Gasteiger partial charge in [-0.15, -0.1) is 5.53 Å². The van der Waals surface area contributed by atoms with Gasteiger partial charge in [0, 0.05) is 48.0 Å². The smallest absolute Gasteiger partial charge is 0.419 e. The molecule has 1 aromatic carbocycles. The number of rotatable bonds is 8. The van der Waals surface area contributed by atoms with Crippen LogP contribution in [0.5, 0.6) is 0 Å². The number of hydrogen-bond acceptors (Lipinski definition) is 9. The van der Waals surface area contributed by atoms with Crippen LogP contribution < -0.4 is 11.0 Å². The van der Waals surface area contributed by atoms with E-state index in [-0.39, 0.29) is 12.6 Å². The summed E-state index contributed by atoms with van der Waals surface area (Å²) in [6, 6.07) is 10.0. The largest absolute Gasteiger partial charge is 0.444 e. The SMILES string of the molecule is CC(C)(C)OC(=O)N(Cc1cc2ccc(CN3C=C(c4cncc(-n5ccnc5)c4)NN3)cc2n1C(=O)OC(C)(C)C)CC1CCC1. The third kappa shape index (κ3) is 7.76. The van der Waals surface area contributed by atoms with E-state index in [1.807, 2.05) is 93.8 Å². The number of nitrogens with zero attached hydrogens (tertiary/aromatic N) is 6. The predicted molar refractivity (Wildman–Crippen MR) is 179 cm³/mol. The summed E-state index contributed by atoms with van der Waals surface area (Å²) in [5, 5.41) is 2.82. The number of benzene rings is 1. The van der Waals surface area contributed by atoms with Crippen molar-refractivity contribution in [1.29, 1.82) is 0 Å². The minimum atomic E-state index is -0.699. The zero-order valence-corrected chi connectivity index (χ0v) is 28.0. The average Bonchev–Trinajstić information content (AvgIpc) is 3.73. The number of amides is 1. The normalized spacial score (nSPS) is 15.3. The van der Waals surface area contributed by atoms with Gasteiger partial charge in [0.25, 0.3) is 0 Å². The predicted octanol–water partition coefficient (Wildman–Crippen LogP) is 6.37. The van der Waals surface area contributed by atoms with E-state index in [4.69, 9.17) is 9.47 Å². The van der Waals surface area contributed by atoms with E-state index in [1.165, 1.54) is 6.42 Å². The second-order valence-corrected chi connectivity index (χ2v) is 14.3. The maximum Gasteiger partial charge on any atom is 0.419 e. The first-order valence-corrected chi connectivity index (χ1v) is 16.1. The van der Waals surface area contributed by atoms with E-state index < -0.39 is 17.3 Å². The molecule has 1 amide bonds. The summed E-state index contributed by atoms with van der Waals surface area (Å²) in [6.45, 7) is 12.5. The summed E-state index contributed by atoms with van der Waals surface area (Å²) in [7, 11) is 0. The Hall–Kier alpha value is -4.84. The lowest BCUT2D eigenvalue weighted by molar-refractivity contribution is 0.0163. The lowest BCUT2D eigenvalue weighted by Gasteiger charge is -2.33. The molecule has 2 aliphatic rings. The molecule has 12 nitrogen and oxygen atoms in total. The lowest BCUT2D eigenvalue weighted by atomic mass is 9.85. The minimum Gasteiger partial charge on any atom is -0.444 e. The Balaban J connectivity index is 1.28. The topological polar surface area (TPSA) is 119 Å². The van der Waals surface area contributed by atoms with E-state index in [1.54, 1.807) is 34.4 Å². The van der Waals surface area contributed by atoms with Crippen LogP contribution in [0, 0.1) is 5.92 Å². The van der Waals surface area contributed by atoms with Crippen molar-refractivity contribution in [2.75, 3.05) is 6.54 Å². The molecule has 4 aromatic rings. The molecule has 0 unspecified atom stereocenters. The summed E-state index contributed by atoms with van der Waals surface area (Å²) >= 11 is 0. The second-order valence-electron chi connectivity index (χ2n) is 14.3. The number of aromatic nitrogens is 4. The van der Waals surface area contributed by atoms with Gasteiger partial charge in [0.1, 0.15) is 11.2 Å². The first-order chi connectivity index (χ1) is 22.3. The number of nitrogens with one attached hydrogen (secondary N) is 2. The van der Waals surface area contributed by atoms with Gasteiger partial charge in [0.05, 0.1) is 42.5 Å². The summed E-state index contributed by atoms with van der Waals surface area (Å²) in [6.07, 6.45) is 13.4. The van der Waals surface area contributed by atoms with Gasteiger partial charge in [-0.3, -0.25) is 9.99 Å². The molecule has 3 aromatic heterocycles. The van der Waals surface area contributed by atoms with Gasteiger partial charge >= 0.3 is 12.2 Å². The molecule has 0 spiro atoms. The van der Waals surface area contributed by atoms with Gasteiger partial charge < -0.3 is 24.4 Å². The highest BCUT2D eigenvalue weighted by Gasteiger charge is 2.30. The van der Waals surface area contributed by atoms with E-state index in [0.29, 0.717) is 30.2 Å². The molecule has 1 aliphatic carbocycles. The maximum absolute atomic E-state index is 13.7. The van der Waals surface area contributed by atoms with Gasteiger partial charge in [-0.1, -0.05) is 18.6 Å². The number of hydrazine groups is 2. The molecule has 47 heavy (non-hydrogen) atoms. The van der Waals surface area contributed by atoms with Crippen molar-refractivity contribution in [2.24, 2.45) is 5.92 Å². The van der Waals surface area contributed by atoms with E-state index in [9.17, 15) is 9.59 Å². The van der Waals surface area contributed by atoms with Crippen LogP contribution in [0.3, 0.4) is 0 Å². The highest BCUT2D eigenvalue weighted by atomic mass is 16.6. The Labute approximate surface area is 275 Å². The van der Waals surface area contributed by atoms with Crippen molar-refractivity contribution < 1.29 is 19.1 Å². The van der Waals surface area contributed by atoms with Crippen molar-refractivity contribution in [2.45, 2.75) is 85.1 Å². The quantitative estimate of drug-likeness (QED) is 0.227. The van der Waals surface area contributed by atoms with Gasteiger partial charge in [-0.25, -0.2) is 19.1 Å². The highest BCUT2D eigenvalue weighted by molar-refractivity contribution is 5.91. The Morgan fingerprint density at radius 2 is 1.79 bits per heavy atom. The van der Waals surface area contributed by atoms with Crippen LogP contribution in [-0.4, -0.2) is 58.9 Å². The van der Waals surface area contributed by atoms with Crippen molar-refractivity contribution in [3.63, 3.8) is 0 Å². The number of carbonyl (C=O) groups excluding carboxylic acids is 2. The molecular formula is C35H44N8O4. The van der Waals surface area contributed by atoms with Gasteiger partial charge in [0.2, 0.25) is 0 Å². The van der Waals surface area contributed by atoms with Crippen molar-refractivity contribution in [3.8, 4) is 5.69 Å². The Morgan fingerprint density at radius 3 is 2.47 bits per heavy atom. The van der Waals surface area contributed by atoms with E-state index in [0.717, 1.165) is 40.7 Å². The van der Waals surface area contributed by atoms with Crippen LogP contribution in [0.1, 0.15) is 77.6 Å². The second kappa shape index (κ2) is 12.7. The van der Waals surface area contributed by atoms with Crippen LogP contribution in [0.2, 0.25) is 0 Å². The summed E-state index contributed by atoms with van der Waals surface area (Å²) in [4.78, 5) is 37.4. The van der Waals surface area contributed by atoms with Crippen molar-refractivity contribution >= 4 is 28.8 Å². The third-order valence-corrected chi connectivity index (χ3v) is 8.04. The maximum atomic E-state index is 13.7. The Bertz CT molecular complexity index is 1780. The molecular weight excluding hydrogens is 596 g/mol. The molecule has 0 radical (unpaired) electrons. The number of imidazole rings is 1. The first kappa shape index (κ1) is 32.1. The average molecular weight is 641 g/mol. The Kier molecular flexibility index (Phi) is 8.71. The number of pyridine rings is 1.